The molecule has 1 unspecified atom stereocenters. The van der Waals surface area contributed by atoms with Crippen molar-refractivity contribution in [1.29, 1.82) is 0 Å². The molecular formula is C21H22N4O2. The van der Waals surface area contributed by atoms with E-state index in [2.05, 4.69) is 17.2 Å². The van der Waals surface area contributed by atoms with Crippen LogP contribution in [0.4, 0.5) is 11.4 Å². The van der Waals surface area contributed by atoms with Gasteiger partial charge in [-0.1, -0.05) is 6.07 Å². The molecule has 138 valence electrons. The van der Waals surface area contributed by atoms with Crippen LogP contribution in [-0.4, -0.2) is 29.9 Å². The molecule has 0 aliphatic carbocycles. The van der Waals surface area contributed by atoms with Gasteiger partial charge in [0.15, 0.2) is 0 Å². The van der Waals surface area contributed by atoms with E-state index in [1.54, 1.807) is 23.2 Å². The van der Waals surface area contributed by atoms with Crippen LogP contribution in [0, 0.1) is 0 Å². The van der Waals surface area contributed by atoms with Crippen LogP contribution in [0.15, 0.2) is 60.8 Å². The van der Waals surface area contributed by atoms with Crippen molar-refractivity contribution in [3.63, 3.8) is 0 Å². The molecule has 1 atom stereocenters. The SMILES string of the molecule is CC(CCN(C=O)c1cccc2ncccc12)Nc1ccc(C(N)=O)cc1. The number of rotatable bonds is 8. The Bertz CT molecular complexity index is 935. The van der Waals surface area contributed by atoms with Gasteiger partial charge < -0.3 is 16.0 Å². The maximum Gasteiger partial charge on any atom is 0.248 e. The van der Waals surface area contributed by atoms with Crippen LogP contribution < -0.4 is 16.0 Å². The summed E-state index contributed by atoms with van der Waals surface area (Å²) in [6.45, 7) is 2.63. The summed E-state index contributed by atoms with van der Waals surface area (Å²) in [6, 6.07) is 16.8. The first kappa shape index (κ1) is 18.4. The molecule has 27 heavy (non-hydrogen) atoms. The third kappa shape index (κ3) is 4.41. The Labute approximate surface area is 158 Å². The summed E-state index contributed by atoms with van der Waals surface area (Å²) < 4.78 is 0. The Balaban J connectivity index is 1.65. The summed E-state index contributed by atoms with van der Waals surface area (Å²) in [4.78, 5) is 28.8. The largest absolute Gasteiger partial charge is 0.383 e. The van der Waals surface area contributed by atoms with E-state index in [4.69, 9.17) is 5.73 Å². The van der Waals surface area contributed by atoms with Gasteiger partial charge in [0.1, 0.15) is 0 Å². The summed E-state index contributed by atoms with van der Waals surface area (Å²) >= 11 is 0. The van der Waals surface area contributed by atoms with E-state index < -0.39 is 5.91 Å². The number of pyridine rings is 1. The molecule has 1 aromatic heterocycles. The van der Waals surface area contributed by atoms with E-state index in [1.807, 2.05) is 42.5 Å². The molecule has 0 aliphatic rings. The Morgan fingerprint density at radius 3 is 2.67 bits per heavy atom. The fourth-order valence-electron chi connectivity index (χ4n) is 2.99. The fourth-order valence-corrected chi connectivity index (χ4v) is 2.99. The number of carbonyl (C=O) groups is 2. The van der Waals surface area contributed by atoms with Gasteiger partial charge in [-0.3, -0.25) is 14.6 Å². The molecule has 0 aliphatic heterocycles. The highest BCUT2D eigenvalue weighted by atomic mass is 16.1. The normalized spacial score (nSPS) is 11.7. The molecule has 6 nitrogen and oxygen atoms in total. The second-order valence-electron chi connectivity index (χ2n) is 6.42. The van der Waals surface area contributed by atoms with E-state index in [9.17, 15) is 9.59 Å². The molecule has 6 heteroatoms. The highest BCUT2D eigenvalue weighted by molar-refractivity contribution is 5.96. The van der Waals surface area contributed by atoms with Crippen LogP contribution in [0.5, 0.6) is 0 Å². The number of aromatic nitrogens is 1. The van der Waals surface area contributed by atoms with Crippen LogP contribution in [0.25, 0.3) is 10.9 Å². The van der Waals surface area contributed by atoms with Gasteiger partial charge in [-0.25, -0.2) is 0 Å². The van der Waals surface area contributed by atoms with Crippen molar-refractivity contribution in [2.45, 2.75) is 19.4 Å². The molecule has 2 amide bonds. The molecular weight excluding hydrogens is 340 g/mol. The average Bonchev–Trinajstić information content (AvgIpc) is 2.69. The Morgan fingerprint density at radius 2 is 1.96 bits per heavy atom. The number of amides is 2. The molecule has 1 heterocycles. The number of primary amides is 1. The number of benzene rings is 2. The number of nitrogens with zero attached hydrogens (tertiary/aromatic N) is 2. The van der Waals surface area contributed by atoms with Crippen molar-refractivity contribution in [3.8, 4) is 0 Å². The van der Waals surface area contributed by atoms with E-state index in [0.29, 0.717) is 12.1 Å². The minimum Gasteiger partial charge on any atom is -0.383 e. The minimum atomic E-state index is -0.444. The lowest BCUT2D eigenvalue weighted by atomic mass is 10.1. The summed E-state index contributed by atoms with van der Waals surface area (Å²) in [5.74, 6) is -0.444. The zero-order valence-electron chi connectivity index (χ0n) is 15.1. The van der Waals surface area contributed by atoms with E-state index in [0.717, 1.165) is 35.1 Å². The van der Waals surface area contributed by atoms with Crippen molar-refractivity contribution >= 4 is 34.6 Å². The van der Waals surface area contributed by atoms with Crippen molar-refractivity contribution in [3.05, 3.63) is 66.4 Å². The third-order valence-corrected chi connectivity index (χ3v) is 4.44. The molecule has 0 radical (unpaired) electrons. The van der Waals surface area contributed by atoms with Gasteiger partial charge in [-0.05, 0) is 61.9 Å². The topological polar surface area (TPSA) is 88.3 Å². The molecule has 0 spiro atoms. The maximum absolute atomic E-state index is 11.7. The quantitative estimate of drug-likeness (QED) is 0.602. The standard InChI is InChI=1S/C21H22N4O2/c1-15(24-17-9-7-16(8-10-17)21(22)27)11-13-25(14-26)20-6-2-5-19-18(20)4-3-12-23-19/h2-10,12,14-15,24H,11,13H2,1H3,(H2,22,27). The summed E-state index contributed by atoms with van der Waals surface area (Å²) in [5, 5.41) is 4.32. The minimum absolute atomic E-state index is 0.139. The van der Waals surface area contributed by atoms with E-state index in [-0.39, 0.29) is 6.04 Å². The Morgan fingerprint density at radius 1 is 1.19 bits per heavy atom. The van der Waals surface area contributed by atoms with Gasteiger partial charge in [0.2, 0.25) is 12.3 Å². The summed E-state index contributed by atoms with van der Waals surface area (Å²) in [5.41, 5.74) is 8.35. The molecule has 0 saturated heterocycles. The monoisotopic (exact) mass is 362 g/mol. The van der Waals surface area contributed by atoms with E-state index >= 15 is 0 Å². The molecule has 3 aromatic rings. The van der Waals surface area contributed by atoms with Gasteiger partial charge in [0.25, 0.3) is 0 Å². The lowest BCUT2D eigenvalue weighted by Crippen LogP contribution is -2.28. The number of hydrogen-bond donors (Lipinski definition) is 2. The molecule has 0 saturated carbocycles. The van der Waals surface area contributed by atoms with Crippen LogP contribution in [0.3, 0.4) is 0 Å². The van der Waals surface area contributed by atoms with Gasteiger partial charge in [-0.15, -0.1) is 0 Å². The van der Waals surface area contributed by atoms with Gasteiger partial charge in [0, 0.05) is 35.4 Å². The Hall–Kier alpha value is -3.41. The van der Waals surface area contributed by atoms with Gasteiger partial charge in [-0.2, -0.15) is 0 Å². The lowest BCUT2D eigenvalue weighted by Gasteiger charge is -2.22. The molecule has 3 N–H and O–H groups in total. The highest BCUT2D eigenvalue weighted by Gasteiger charge is 2.12. The maximum atomic E-state index is 11.7. The second-order valence-corrected chi connectivity index (χ2v) is 6.42. The van der Waals surface area contributed by atoms with Gasteiger partial charge >= 0.3 is 0 Å². The predicted octanol–water partition coefficient (Wildman–Crippen LogP) is 3.19. The zero-order chi connectivity index (χ0) is 19.2. The van der Waals surface area contributed by atoms with Crippen molar-refractivity contribution in [2.24, 2.45) is 5.73 Å². The first-order valence-corrected chi connectivity index (χ1v) is 8.80. The van der Waals surface area contributed by atoms with Crippen LogP contribution in [-0.2, 0) is 4.79 Å². The highest BCUT2D eigenvalue weighted by Crippen LogP contribution is 2.25. The predicted molar refractivity (Wildman–Crippen MR) is 108 cm³/mol. The first-order valence-electron chi connectivity index (χ1n) is 8.80. The molecule has 0 fully saturated rings. The summed E-state index contributed by atoms with van der Waals surface area (Å²) in [6.07, 6.45) is 3.36. The fraction of sp³-hybridized carbons (Fsp3) is 0.190. The van der Waals surface area contributed by atoms with Gasteiger partial charge in [0.05, 0.1) is 11.2 Å². The number of hydrogen-bond acceptors (Lipinski definition) is 4. The number of fused-ring (bicyclic) bond motifs is 1. The number of carbonyl (C=O) groups excluding carboxylic acids is 2. The molecule has 3 rings (SSSR count). The number of nitrogens with two attached hydrogens (primary N) is 1. The number of nitrogens with one attached hydrogen (secondary N) is 1. The van der Waals surface area contributed by atoms with Crippen LogP contribution >= 0.6 is 0 Å². The van der Waals surface area contributed by atoms with Crippen LogP contribution in [0.1, 0.15) is 23.7 Å². The van der Waals surface area contributed by atoms with Crippen molar-refractivity contribution < 1.29 is 9.59 Å². The summed E-state index contributed by atoms with van der Waals surface area (Å²) in [7, 11) is 0. The van der Waals surface area contributed by atoms with Crippen LogP contribution in [0.2, 0.25) is 0 Å². The Kier molecular flexibility index (Phi) is 5.66. The zero-order valence-corrected chi connectivity index (χ0v) is 15.1. The second kappa shape index (κ2) is 8.31. The molecule has 0 bridgehead atoms. The van der Waals surface area contributed by atoms with E-state index in [1.165, 1.54) is 0 Å². The third-order valence-electron chi connectivity index (χ3n) is 4.44. The lowest BCUT2D eigenvalue weighted by molar-refractivity contribution is -0.107. The van der Waals surface area contributed by atoms with Crippen molar-refractivity contribution in [2.75, 3.05) is 16.8 Å². The van der Waals surface area contributed by atoms with Crippen molar-refractivity contribution in [1.82, 2.24) is 4.98 Å². The first-order chi connectivity index (χ1) is 13.1. The number of anilines is 2. The average molecular weight is 362 g/mol. The molecule has 2 aromatic carbocycles. The smallest absolute Gasteiger partial charge is 0.248 e.